The van der Waals surface area contributed by atoms with E-state index in [0.29, 0.717) is 6.61 Å². The van der Waals surface area contributed by atoms with E-state index in [9.17, 15) is 5.11 Å². The van der Waals surface area contributed by atoms with E-state index in [1.807, 2.05) is 43.3 Å². The quantitative estimate of drug-likeness (QED) is 0.878. The fraction of sp³-hybridized carbons (Fsp3) is 0.267. The number of aryl methyl sites for hydroxylation is 1. The first-order chi connectivity index (χ1) is 8.75. The predicted octanol–water partition coefficient (Wildman–Crippen LogP) is 2.60. The fourth-order valence-corrected chi connectivity index (χ4v) is 2.34. The number of hydrogen-bond acceptors (Lipinski definition) is 3. The smallest absolute Gasteiger partial charge is 0.123 e. The zero-order chi connectivity index (χ0) is 12.5. The molecule has 1 aromatic carbocycles. The van der Waals surface area contributed by atoms with Crippen LogP contribution < -0.4 is 4.74 Å². The monoisotopic (exact) mass is 241 g/mol. The van der Waals surface area contributed by atoms with E-state index in [1.54, 1.807) is 6.20 Å². The number of hydrogen-bond donors (Lipinski definition) is 1. The molecule has 3 heteroatoms. The summed E-state index contributed by atoms with van der Waals surface area (Å²) < 4.78 is 5.60. The van der Waals surface area contributed by atoms with Gasteiger partial charge in [0.15, 0.2) is 0 Å². The summed E-state index contributed by atoms with van der Waals surface area (Å²) in [7, 11) is 0. The van der Waals surface area contributed by atoms with E-state index < -0.39 is 6.10 Å². The molecule has 2 atom stereocenters. The Morgan fingerprint density at radius 3 is 2.89 bits per heavy atom. The number of aliphatic hydroxyl groups excluding tert-OH is 1. The number of para-hydroxylation sites is 1. The molecule has 92 valence electrons. The molecule has 1 aliphatic rings. The van der Waals surface area contributed by atoms with Crippen molar-refractivity contribution in [2.45, 2.75) is 18.9 Å². The molecule has 0 spiro atoms. The molecule has 2 aromatic rings. The maximum Gasteiger partial charge on any atom is 0.123 e. The minimum Gasteiger partial charge on any atom is -0.493 e. The first-order valence-corrected chi connectivity index (χ1v) is 6.08. The molecule has 0 saturated heterocycles. The zero-order valence-electron chi connectivity index (χ0n) is 10.2. The lowest BCUT2D eigenvalue weighted by Crippen LogP contribution is -2.12. The Balaban J connectivity index is 1.90. The van der Waals surface area contributed by atoms with Gasteiger partial charge in [0.2, 0.25) is 0 Å². The van der Waals surface area contributed by atoms with Gasteiger partial charge in [0.25, 0.3) is 0 Å². The van der Waals surface area contributed by atoms with Crippen molar-refractivity contribution in [3.05, 3.63) is 59.4 Å². The molecule has 2 unspecified atom stereocenters. The number of fused-ring (bicyclic) bond motifs is 1. The number of rotatable bonds is 2. The zero-order valence-corrected chi connectivity index (χ0v) is 10.2. The molecule has 1 aliphatic heterocycles. The van der Waals surface area contributed by atoms with Gasteiger partial charge in [-0.2, -0.15) is 0 Å². The van der Waals surface area contributed by atoms with Crippen molar-refractivity contribution in [2.75, 3.05) is 6.61 Å². The SMILES string of the molecule is Cc1ccc(C(O)C2COc3ccccc32)cn1. The Morgan fingerprint density at radius 2 is 2.11 bits per heavy atom. The highest BCUT2D eigenvalue weighted by Gasteiger charge is 2.30. The normalized spacial score (nSPS) is 19.1. The summed E-state index contributed by atoms with van der Waals surface area (Å²) in [5.74, 6) is 0.868. The molecule has 3 nitrogen and oxygen atoms in total. The molecule has 0 fully saturated rings. The van der Waals surface area contributed by atoms with Crippen molar-refractivity contribution < 1.29 is 9.84 Å². The highest BCUT2D eigenvalue weighted by molar-refractivity contribution is 5.41. The molecule has 0 aliphatic carbocycles. The van der Waals surface area contributed by atoms with Crippen LogP contribution in [0.4, 0.5) is 0 Å². The van der Waals surface area contributed by atoms with E-state index in [2.05, 4.69) is 4.98 Å². The fourth-order valence-electron chi connectivity index (χ4n) is 2.34. The highest BCUT2D eigenvalue weighted by Crippen LogP contribution is 2.40. The molecule has 18 heavy (non-hydrogen) atoms. The minimum absolute atomic E-state index is 0.00861. The van der Waals surface area contributed by atoms with Gasteiger partial charge in [-0.1, -0.05) is 24.3 Å². The van der Waals surface area contributed by atoms with Crippen LogP contribution in [0, 0.1) is 6.92 Å². The lowest BCUT2D eigenvalue weighted by molar-refractivity contribution is 0.130. The molecule has 1 N–H and O–H groups in total. The summed E-state index contributed by atoms with van der Waals surface area (Å²) >= 11 is 0. The van der Waals surface area contributed by atoms with Gasteiger partial charge in [0, 0.05) is 17.5 Å². The van der Waals surface area contributed by atoms with E-state index in [0.717, 1.165) is 22.6 Å². The van der Waals surface area contributed by atoms with E-state index >= 15 is 0 Å². The third-order valence-electron chi connectivity index (χ3n) is 3.39. The Kier molecular flexibility index (Phi) is 2.76. The van der Waals surface area contributed by atoms with Crippen molar-refractivity contribution in [3.8, 4) is 5.75 Å². The van der Waals surface area contributed by atoms with Crippen molar-refractivity contribution in [2.24, 2.45) is 0 Å². The Bertz CT molecular complexity index is 551. The van der Waals surface area contributed by atoms with Gasteiger partial charge in [-0.3, -0.25) is 4.98 Å². The van der Waals surface area contributed by atoms with Gasteiger partial charge in [0.1, 0.15) is 5.75 Å². The van der Waals surface area contributed by atoms with Crippen LogP contribution in [-0.4, -0.2) is 16.7 Å². The Morgan fingerprint density at radius 1 is 1.28 bits per heavy atom. The standard InChI is InChI=1S/C15H15NO2/c1-10-6-7-11(8-16-10)15(17)13-9-18-14-5-3-2-4-12(13)14/h2-8,13,15,17H,9H2,1H3. The third-order valence-corrected chi connectivity index (χ3v) is 3.39. The van der Waals surface area contributed by atoms with Gasteiger partial charge >= 0.3 is 0 Å². The summed E-state index contributed by atoms with van der Waals surface area (Å²) in [4.78, 5) is 4.23. The first kappa shape index (κ1) is 11.2. The maximum atomic E-state index is 10.4. The van der Waals surface area contributed by atoms with Crippen molar-refractivity contribution >= 4 is 0 Å². The van der Waals surface area contributed by atoms with E-state index in [1.165, 1.54) is 0 Å². The van der Waals surface area contributed by atoms with Gasteiger partial charge in [-0.25, -0.2) is 0 Å². The van der Waals surface area contributed by atoms with Gasteiger partial charge in [0.05, 0.1) is 18.6 Å². The molecular formula is C15H15NO2. The second kappa shape index (κ2) is 4.42. The Hall–Kier alpha value is -1.87. The van der Waals surface area contributed by atoms with Crippen LogP contribution in [0.3, 0.4) is 0 Å². The summed E-state index contributed by atoms with van der Waals surface area (Å²) in [6, 6.07) is 11.7. The summed E-state index contributed by atoms with van der Waals surface area (Å²) in [5.41, 5.74) is 2.87. The predicted molar refractivity (Wildman–Crippen MR) is 68.6 cm³/mol. The molecular weight excluding hydrogens is 226 g/mol. The molecule has 0 radical (unpaired) electrons. The van der Waals surface area contributed by atoms with E-state index in [4.69, 9.17) is 4.74 Å². The van der Waals surface area contributed by atoms with Crippen LogP contribution >= 0.6 is 0 Å². The van der Waals surface area contributed by atoms with Crippen LogP contribution in [0.1, 0.15) is 28.8 Å². The summed E-state index contributed by atoms with van der Waals surface area (Å²) in [6.45, 7) is 2.46. The average Bonchev–Trinajstić information content (AvgIpc) is 2.82. The van der Waals surface area contributed by atoms with Gasteiger partial charge in [-0.15, -0.1) is 0 Å². The van der Waals surface area contributed by atoms with Crippen LogP contribution in [-0.2, 0) is 0 Å². The van der Waals surface area contributed by atoms with Crippen LogP contribution in [0.15, 0.2) is 42.6 Å². The number of ether oxygens (including phenoxy) is 1. The molecule has 0 bridgehead atoms. The largest absolute Gasteiger partial charge is 0.493 e. The second-order valence-corrected chi connectivity index (χ2v) is 4.63. The number of aromatic nitrogens is 1. The third kappa shape index (κ3) is 1.87. The second-order valence-electron chi connectivity index (χ2n) is 4.63. The molecule has 1 aromatic heterocycles. The van der Waals surface area contributed by atoms with Crippen LogP contribution in [0.2, 0.25) is 0 Å². The molecule has 3 rings (SSSR count). The van der Waals surface area contributed by atoms with Crippen molar-refractivity contribution in [1.29, 1.82) is 0 Å². The minimum atomic E-state index is -0.568. The van der Waals surface area contributed by atoms with Crippen LogP contribution in [0.25, 0.3) is 0 Å². The number of nitrogens with zero attached hydrogens (tertiary/aromatic N) is 1. The highest BCUT2D eigenvalue weighted by atomic mass is 16.5. The summed E-state index contributed by atoms with van der Waals surface area (Å²) in [5, 5.41) is 10.4. The number of benzene rings is 1. The number of pyridine rings is 1. The molecule has 0 amide bonds. The van der Waals surface area contributed by atoms with E-state index in [-0.39, 0.29) is 5.92 Å². The maximum absolute atomic E-state index is 10.4. The topological polar surface area (TPSA) is 42.4 Å². The average molecular weight is 241 g/mol. The summed E-state index contributed by atoms with van der Waals surface area (Å²) in [6.07, 6.45) is 1.17. The Labute approximate surface area is 106 Å². The van der Waals surface area contributed by atoms with Crippen molar-refractivity contribution in [3.63, 3.8) is 0 Å². The number of aliphatic hydroxyl groups is 1. The molecule has 0 saturated carbocycles. The molecule has 2 heterocycles. The lowest BCUT2D eigenvalue weighted by Gasteiger charge is -2.17. The van der Waals surface area contributed by atoms with Gasteiger partial charge < -0.3 is 9.84 Å². The lowest BCUT2D eigenvalue weighted by atomic mass is 9.91. The first-order valence-electron chi connectivity index (χ1n) is 6.08. The van der Waals surface area contributed by atoms with Gasteiger partial charge in [-0.05, 0) is 24.6 Å². The van der Waals surface area contributed by atoms with Crippen molar-refractivity contribution in [1.82, 2.24) is 4.98 Å². The van der Waals surface area contributed by atoms with Crippen LogP contribution in [0.5, 0.6) is 5.75 Å².